The van der Waals surface area contributed by atoms with Gasteiger partial charge in [-0.15, -0.1) is 0 Å². The number of rotatable bonds is 1. The van der Waals surface area contributed by atoms with Crippen LogP contribution in [0.25, 0.3) is 0 Å². The normalized spacial score (nSPS) is 13.5. The smallest absolute Gasteiger partial charge is 0.258 e. The topological polar surface area (TPSA) is 89.9 Å². The first kappa shape index (κ1) is 13.0. The van der Waals surface area contributed by atoms with Crippen molar-refractivity contribution in [1.82, 2.24) is 0 Å². The van der Waals surface area contributed by atoms with Gasteiger partial charge in [-0.05, 0) is 30.3 Å². The van der Waals surface area contributed by atoms with Gasteiger partial charge >= 0.3 is 0 Å². The van der Waals surface area contributed by atoms with Crippen LogP contribution in [0.3, 0.4) is 0 Å². The maximum Gasteiger partial charge on any atom is 0.258 e. The molecule has 0 aliphatic carbocycles. The number of phenols is 2. The molecule has 3 N–H and O–H groups in total. The van der Waals surface area contributed by atoms with E-state index in [2.05, 4.69) is 5.32 Å². The predicted octanol–water partition coefficient (Wildman–Crippen LogP) is 1.70. The number of benzene rings is 2. The Bertz CT molecular complexity index is 742. The van der Waals surface area contributed by atoms with Crippen molar-refractivity contribution in [3.05, 3.63) is 48.0 Å². The van der Waals surface area contributed by atoms with Crippen LogP contribution in [-0.4, -0.2) is 28.6 Å². The lowest BCUT2D eigenvalue weighted by atomic mass is 10.1. The number of carbonyl (C=O) groups excluding carboxylic acids is 2. The minimum Gasteiger partial charge on any atom is -0.504 e. The third-order valence-corrected chi connectivity index (χ3v) is 3.24. The molecule has 21 heavy (non-hydrogen) atoms. The van der Waals surface area contributed by atoms with Gasteiger partial charge < -0.3 is 15.5 Å². The maximum atomic E-state index is 12.5. The zero-order valence-electron chi connectivity index (χ0n) is 10.9. The second-order valence-corrected chi connectivity index (χ2v) is 4.66. The molecule has 0 fully saturated rings. The maximum absolute atomic E-state index is 12.5. The molecule has 0 radical (unpaired) electrons. The highest BCUT2D eigenvalue weighted by Crippen LogP contribution is 2.31. The highest BCUT2D eigenvalue weighted by atomic mass is 16.3. The highest BCUT2D eigenvalue weighted by molar-refractivity contribution is 6.15. The van der Waals surface area contributed by atoms with Gasteiger partial charge in [0.2, 0.25) is 5.91 Å². The summed E-state index contributed by atoms with van der Waals surface area (Å²) in [5.74, 6) is -1.39. The van der Waals surface area contributed by atoms with E-state index in [1.54, 1.807) is 24.3 Å². The lowest BCUT2D eigenvalue weighted by Gasteiger charge is -2.29. The van der Waals surface area contributed by atoms with Crippen LogP contribution in [0.2, 0.25) is 0 Å². The van der Waals surface area contributed by atoms with Gasteiger partial charge in [-0.1, -0.05) is 12.1 Å². The average molecular weight is 284 g/mol. The van der Waals surface area contributed by atoms with Crippen molar-refractivity contribution in [1.29, 1.82) is 0 Å². The first-order valence-corrected chi connectivity index (χ1v) is 6.29. The Morgan fingerprint density at radius 1 is 1.10 bits per heavy atom. The first-order valence-electron chi connectivity index (χ1n) is 6.29. The zero-order chi connectivity index (χ0) is 15.0. The van der Waals surface area contributed by atoms with Crippen molar-refractivity contribution in [2.24, 2.45) is 0 Å². The lowest BCUT2D eigenvalue weighted by molar-refractivity contribution is -0.115. The number of fused-ring (bicyclic) bond motifs is 1. The summed E-state index contributed by atoms with van der Waals surface area (Å²) in [6, 6.07) is 10.8. The Morgan fingerprint density at radius 3 is 2.62 bits per heavy atom. The van der Waals surface area contributed by atoms with Gasteiger partial charge in [-0.25, -0.2) is 0 Å². The van der Waals surface area contributed by atoms with Crippen LogP contribution >= 0.6 is 0 Å². The van der Waals surface area contributed by atoms with E-state index in [1.165, 1.54) is 23.1 Å². The monoisotopic (exact) mass is 284 g/mol. The summed E-state index contributed by atoms with van der Waals surface area (Å²) in [6.45, 7) is -0.0997. The van der Waals surface area contributed by atoms with Gasteiger partial charge in [-0.3, -0.25) is 14.5 Å². The number of anilines is 2. The molecule has 0 spiro atoms. The molecule has 6 heteroatoms. The summed E-state index contributed by atoms with van der Waals surface area (Å²) in [6.07, 6.45) is 0. The Morgan fingerprint density at radius 2 is 1.86 bits per heavy atom. The summed E-state index contributed by atoms with van der Waals surface area (Å²) < 4.78 is 0. The van der Waals surface area contributed by atoms with Crippen molar-refractivity contribution < 1.29 is 19.8 Å². The van der Waals surface area contributed by atoms with Gasteiger partial charge in [0.05, 0.1) is 11.4 Å². The van der Waals surface area contributed by atoms with E-state index in [0.29, 0.717) is 11.4 Å². The molecular formula is C15H12N2O4. The van der Waals surface area contributed by atoms with Crippen LogP contribution < -0.4 is 10.2 Å². The molecule has 0 bridgehead atoms. The molecule has 106 valence electrons. The first-order chi connectivity index (χ1) is 10.1. The van der Waals surface area contributed by atoms with Crippen molar-refractivity contribution in [2.45, 2.75) is 0 Å². The van der Waals surface area contributed by atoms with E-state index >= 15 is 0 Å². The molecule has 2 aromatic carbocycles. The molecule has 0 aromatic heterocycles. The van der Waals surface area contributed by atoms with Crippen molar-refractivity contribution in [3.8, 4) is 11.5 Å². The fourth-order valence-electron chi connectivity index (χ4n) is 2.23. The number of amides is 2. The zero-order valence-corrected chi connectivity index (χ0v) is 10.9. The summed E-state index contributed by atoms with van der Waals surface area (Å²) in [7, 11) is 0. The van der Waals surface area contributed by atoms with Crippen LogP contribution in [0.5, 0.6) is 11.5 Å². The van der Waals surface area contributed by atoms with E-state index in [-0.39, 0.29) is 29.5 Å². The van der Waals surface area contributed by atoms with Crippen LogP contribution in [-0.2, 0) is 4.79 Å². The number of carbonyl (C=O) groups is 2. The minimum absolute atomic E-state index is 0.0997. The molecule has 1 aliphatic heterocycles. The Hall–Kier alpha value is -3.02. The number of hydrogen-bond donors (Lipinski definition) is 3. The van der Waals surface area contributed by atoms with Crippen molar-refractivity contribution >= 4 is 23.2 Å². The molecule has 2 amide bonds. The third kappa shape index (κ3) is 2.27. The summed E-state index contributed by atoms with van der Waals surface area (Å²) in [5, 5.41) is 21.5. The Kier molecular flexibility index (Phi) is 2.98. The van der Waals surface area contributed by atoms with Gasteiger partial charge in [-0.2, -0.15) is 0 Å². The molecule has 0 saturated carbocycles. The number of para-hydroxylation sites is 2. The summed E-state index contributed by atoms with van der Waals surface area (Å²) in [5.41, 5.74) is 1.34. The van der Waals surface area contributed by atoms with E-state index < -0.39 is 5.91 Å². The van der Waals surface area contributed by atoms with E-state index in [4.69, 9.17) is 0 Å². The van der Waals surface area contributed by atoms with E-state index in [0.717, 1.165) is 0 Å². The predicted molar refractivity (Wildman–Crippen MR) is 76.5 cm³/mol. The Labute approximate surface area is 120 Å². The van der Waals surface area contributed by atoms with Crippen LogP contribution in [0.1, 0.15) is 10.4 Å². The quantitative estimate of drug-likeness (QED) is 0.695. The van der Waals surface area contributed by atoms with Gasteiger partial charge in [0.25, 0.3) is 5.91 Å². The molecule has 0 unspecified atom stereocenters. The summed E-state index contributed by atoms with van der Waals surface area (Å²) in [4.78, 5) is 25.6. The molecule has 2 aromatic rings. The molecule has 0 atom stereocenters. The van der Waals surface area contributed by atoms with Crippen LogP contribution in [0.15, 0.2) is 42.5 Å². The molecule has 3 rings (SSSR count). The number of hydrogen-bond acceptors (Lipinski definition) is 4. The highest BCUT2D eigenvalue weighted by Gasteiger charge is 2.27. The fraction of sp³-hybridized carbons (Fsp3) is 0.0667. The number of nitrogens with zero attached hydrogens (tertiary/aromatic N) is 1. The Balaban J connectivity index is 2.01. The number of phenolic OH excluding ortho intramolecular Hbond substituents is 2. The van der Waals surface area contributed by atoms with Gasteiger partial charge in [0.15, 0.2) is 11.5 Å². The molecule has 0 saturated heterocycles. The van der Waals surface area contributed by atoms with Gasteiger partial charge in [0.1, 0.15) is 6.54 Å². The standard InChI is InChI=1S/C15H12N2O4/c18-12-6-5-9(7-13(12)19)15(21)17-8-14(20)16-10-3-1-2-4-11(10)17/h1-7,18-19H,8H2,(H,16,20). The molecule has 6 nitrogen and oxygen atoms in total. The largest absolute Gasteiger partial charge is 0.504 e. The van der Waals surface area contributed by atoms with Crippen molar-refractivity contribution in [2.75, 3.05) is 16.8 Å². The number of nitrogens with one attached hydrogen (secondary N) is 1. The second-order valence-electron chi connectivity index (χ2n) is 4.66. The van der Waals surface area contributed by atoms with E-state index in [1.807, 2.05) is 0 Å². The minimum atomic E-state index is -0.424. The van der Waals surface area contributed by atoms with Gasteiger partial charge in [0, 0.05) is 5.56 Å². The SMILES string of the molecule is O=C1CN(C(=O)c2ccc(O)c(O)c2)c2ccccc2N1. The molecule has 1 heterocycles. The van der Waals surface area contributed by atoms with Crippen molar-refractivity contribution in [3.63, 3.8) is 0 Å². The molecular weight excluding hydrogens is 272 g/mol. The second kappa shape index (κ2) is 4.82. The average Bonchev–Trinajstić information content (AvgIpc) is 2.48. The third-order valence-electron chi connectivity index (χ3n) is 3.24. The van der Waals surface area contributed by atoms with Crippen LogP contribution in [0, 0.1) is 0 Å². The lowest BCUT2D eigenvalue weighted by Crippen LogP contribution is -2.42. The number of aromatic hydroxyl groups is 2. The van der Waals surface area contributed by atoms with E-state index in [9.17, 15) is 19.8 Å². The fourth-order valence-corrected chi connectivity index (χ4v) is 2.23. The molecule has 1 aliphatic rings. The van der Waals surface area contributed by atoms with Crippen LogP contribution in [0.4, 0.5) is 11.4 Å². The summed E-state index contributed by atoms with van der Waals surface area (Å²) >= 11 is 0.